The van der Waals surface area contributed by atoms with Gasteiger partial charge in [-0.3, -0.25) is 4.68 Å². The fourth-order valence-corrected chi connectivity index (χ4v) is 3.62. The minimum atomic E-state index is -0.263. The Morgan fingerprint density at radius 2 is 1.96 bits per heavy atom. The minimum Gasteiger partial charge on any atom is -0.313 e. The van der Waals surface area contributed by atoms with Gasteiger partial charge in [0.1, 0.15) is 5.82 Å². The van der Waals surface area contributed by atoms with E-state index in [1.165, 1.54) is 0 Å². The molecule has 2 aromatic heterocycles. The van der Waals surface area contributed by atoms with Crippen molar-refractivity contribution in [1.82, 2.24) is 25.3 Å². The summed E-state index contributed by atoms with van der Waals surface area (Å²) < 4.78 is 16.6. The van der Waals surface area contributed by atoms with Crippen LogP contribution in [0.5, 0.6) is 0 Å². The molecule has 134 valence electrons. The van der Waals surface area contributed by atoms with Crippen molar-refractivity contribution in [3.05, 3.63) is 60.1 Å². The van der Waals surface area contributed by atoms with Crippen molar-refractivity contribution >= 4 is 27.4 Å². The maximum absolute atomic E-state index is 14.8. The van der Waals surface area contributed by atoms with Gasteiger partial charge in [0.25, 0.3) is 0 Å². The molecule has 2 aromatic carbocycles. The van der Waals surface area contributed by atoms with E-state index in [0.29, 0.717) is 16.6 Å². The van der Waals surface area contributed by atoms with Crippen LogP contribution < -0.4 is 5.32 Å². The van der Waals surface area contributed by atoms with Gasteiger partial charge in [0, 0.05) is 36.1 Å². The first-order valence-corrected chi connectivity index (χ1v) is 8.98. The Hall–Kier alpha value is -3.12. The number of aromatic nitrogens is 4. The van der Waals surface area contributed by atoms with Gasteiger partial charge in [0.2, 0.25) is 0 Å². The molecule has 27 heavy (non-hydrogen) atoms. The van der Waals surface area contributed by atoms with Crippen molar-refractivity contribution in [2.45, 2.75) is 6.42 Å². The third kappa shape index (κ3) is 2.88. The van der Waals surface area contributed by atoms with Gasteiger partial charge < -0.3 is 5.32 Å². The van der Waals surface area contributed by atoms with Crippen molar-refractivity contribution < 1.29 is 4.39 Å². The van der Waals surface area contributed by atoms with E-state index in [9.17, 15) is 4.39 Å². The van der Waals surface area contributed by atoms with Crippen LogP contribution in [0.25, 0.3) is 38.6 Å². The smallest absolute Gasteiger partial charge is 0.133 e. The van der Waals surface area contributed by atoms with Crippen molar-refractivity contribution in [2.24, 2.45) is 7.05 Å². The number of halogens is 1. The van der Waals surface area contributed by atoms with E-state index in [1.807, 2.05) is 37.5 Å². The van der Waals surface area contributed by atoms with E-state index in [-0.39, 0.29) is 5.82 Å². The molecule has 4 aromatic rings. The molecule has 5 nitrogen and oxygen atoms in total. The second-order valence-corrected chi connectivity index (χ2v) is 6.88. The number of rotatable bonds is 2. The molecule has 6 heteroatoms. The summed E-state index contributed by atoms with van der Waals surface area (Å²) >= 11 is 0. The first-order valence-electron chi connectivity index (χ1n) is 8.98. The number of nitrogens with one attached hydrogen (secondary N) is 1. The number of fused-ring (bicyclic) bond motifs is 2. The van der Waals surface area contributed by atoms with Crippen LogP contribution in [-0.4, -0.2) is 33.1 Å². The topological polar surface area (TPSA) is 55.6 Å². The Morgan fingerprint density at radius 1 is 1.04 bits per heavy atom. The lowest BCUT2D eigenvalue weighted by Crippen LogP contribution is -2.20. The van der Waals surface area contributed by atoms with Gasteiger partial charge in [0.05, 0.1) is 16.7 Å². The van der Waals surface area contributed by atoms with Crippen LogP contribution in [0, 0.1) is 5.82 Å². The van der Waals surface area contributed by atoms with Gasteiger partial charge >= 0.3 is 0 Å². The second kappa shape index (κ2) is 6.25. The van der Waals surface area contributed by atoms with Crippen LogP contribution in [0.15, 0.2) is 48.7 Å². The van der Waals surface area contributed by atoms with Crippen LogP contribution in [0.3, 0.4) is 0 Å². The Bertz CT molecular complexity index is 1210. The van der Waals surface area contributed by atoms with E-state index in [0.717, 1.165) is 47.1 Å². The largest absolute Gasteiger partial charge is 0.313 e. The van der Waals surface area contributed by atoms with Crippen molar-refractivity contribution in [1.29, 1.82) is 0 Å². The Morgan fingerprint density at radius 3 is 2.81 bits per heavy atom. The van der Waals surface area contributed by atoms with E-state index >= 15 is 0 Å². The standard InChI is InChI=1S/C21H18FN5/c1-27-12-16-8-14(2-3-19(16)26-27)20-11-17-18(22)9-15(10-21(17)25-24-20)13-4-6-23-7-5-13/h2-4,8-12,23H,5-7H2,1H3. The number of benzene rings is 2. The molecule has 3 heterocycles. The number of aryl methyl sites for hydroxylation is 1. The van der Waals surface area contributed by atoms with Gasteiger partial charge in [-0.05, 0) is 54.4 Å². The number of hydrogen-bond acceptors (Lipinski definition) is 4. The summed E-state index contributed by atoms with van der Waals surface area (Å²) in [7, 11) is 1.89. The van der Waals surface area contributed by atoms with Crippen LogP contribution >= 0.6 is 0 Å². The third-order valence-corrected chi connectivity index (χ3v) is 5.00. The molecule has 0 saturated heterocycles. The Balaban J connectivity index is 1.60. The van der Waals surface area contributed by atoms with Gasteiger partial charge in [-0.1, -0.05) is 12.1 Å². The molecule has 0 bridgehead atoms. The monoisotopic (exact) mass is 359 g/mol. The van der Waals surface area contributed by atoms with Gasteiger partial charge in [0.15, 0.2) is 0 Å². The zero-order chi connectivity index (χ0) is 18.4. The fourth-order valence-electron chi connectivity index (χ4n) is 3.62. The normalized spacial score (nSPS) is 14.7. The molecule has 0 fully saturated rings. The molecular weight excluding hydrogens is 341 g/mol. The lowest BCUT2D eigenvalue weighted by molar-refractivity contribution is 0.638. The van der Waals surface area contributed by atoms with E-state index in [1.54, 1.807) is 16.8 Å². The second-order valence-electron chi connectivity index (χ2n) is 6.88. The van der Waals surface area contributed by atoms with Crippen molar-refractivity contribution in [2.75, 3.05) is 13.1 Å². The summed E-state index contributed by atoms with van der Waals surface area (Å²) in [5.41, 5.74) is 5.09. The maximum atomic E-state index is 14.8. The highest BCUT2D eigenvalue weighted by molar-refractivity contribution is 5.88. The SMILES string of the molecule is Cn1cc2cc(-c3cc4c(F)cc(C5=CCNCC5)cc4nn3)ccc2n1. The highest BCUT2D eigenvalue weighted by Gasteiger charge is 2.13. The summed E-state index contributed by atoms with van der Waals surface area (Å²) in [6.07, 6.45) is 4.95. The molecule has 5 rings (SSSR count). The van der Waals surface area contributed by atoms with Crippen molar-refractivity contribution in [3.8, 4) is 11.3 Å². The summed E-state index contributed by atoms with van der Waals surface area (Å²) in [5.74, 6) is -0.263. The molecule has 0 amide bonds. The maximum Gasteiger partial charge on any atom is 0.133 e. The lowest BCUT2D eigenvalue weighted by Gasteiger charge is -2.15. The Labute approximate surface area is 155 Å². The molecule has 0 saturated carbocycles. The summed E-state index contributed by atoms with van der Waals surface area (Å²) in [6.45, 7) is 1.73. The summed E-state index contributed by atoms with van der Waals surface area (Å²) in [5, 5.41) is 17.8. The molecule has 0 aliphatic carbocycles. The van der Waals surface area contributed by atoms with Crippen molar-refractivity contribution in [3.63, 3.8) is 0 Å². The number of nitrogens with zero attached hydrogens (tertiary/aromatic N) is 4. The molecule has 0 unspecified atom stereocenters. The predicted octanol–water partition coefficient (Wildman–Crippen LogP) is 3.70. The van der Waals surface area contributed by atoms with Gasteiger partial charge in [-0.15, -0.1) is 10.2 Å². The van der Waals surface area contributed by atoms with E-state index < -0.39 is 0 Å². The van der Waals surface area contributed by atoms with Crippen LogP contribution in [-0.2, 0) is 7.05 Å². The average Bonchev–Trinajstić information content (AvgIpc) is 3.07. The quantitative estimate of drug-likeness (QED) is 0.593. The van der Waals surface area contributed by atoms with E-state index in [4.69, 9.17) is 0 Å². The van der Waals surface area contributed by atoms with Gasteiger partial charge in [-0.2, -0.15) is 5.10 Å². The lowest BCUT2D eigenvalue weighted by atomic mass is 9.98. The fraction of sp³-hybridized carbons (Fsp3) is 0.190. The molecule has 1 aliphatic heterocycles. The highest BCUT2D eigenvalue weighted by Crippen LogP contribution is 2.29. The molecule has 1 N–H and O–H groups in total. The summed E-state index contributed by atoms with van der Waals surface area (Å²) in [6, 6.07) is 11.2. The zero-order valence-electron chi connectivity index (χ0n) is 14.9. The Kier molecular flexibility index (Phi) is 3.72. The van der Waals surface area contributed by atoms with Crippen LogP contribution in [0.1, 0.15) is 12.0 Å². The predicted molar refractivity (Wildman–Crippen MR) is 105 cm³/mol. The molecular formula is C21H18FN5. The van der Waals surface area contributed by atoms with Gasteiger partial charge in [-0.25, -0.2) is 4.39 Å². The highest BCUT2D eigenvalue weighted by atomic mass is 19.1. The molecule has 1 aliphatic rings. The molecule has 0 spiro atoms. The number of hydrogen-bond donors (Lipinski definition) is 1. The first-order chi connectivity index (χ1) is 13.2. The minimum absolute atomic E-state index is 0.263. The third-order valence-electron chi connectivity index (χ3n) is 5.00. The summed E-state index contributed by atoms with van der Waals surface area (Å²) in [4.78, 5) is 0. The molecule has 0 radical (unpaired) electrons. The molecule has 0 atom stereocenters. The van der Waals surface area contributed by atoms with Crippen LogP contribution in [0.2, 0.25) is 0 Å². The first kappa shape index (κ1) is 16.1. The zero-order valence-corrected chi connectivity index (χ0v) is 14.9. The van der Waals surface area contributed by atoms with Crippen LogP contribution in [0.4, 0.5) is 4.39 Å². The van der Waals surface area contributed by atoms with E-state index in [2.05, 4.69) is 26.7 Å². The average molecular weight is 359 g/mol.